The predicted molar refractivity (Wildman–Crippen MR) is 56.7 cm³/mol. The molecule has 0 spiro atoms. The number of halogens is 3. The van der Waals surface area contributed by atoms with E-state index in [0.717, 1.165) is 7.11 Å². The number of hydrogen-bond acceptors (Lipinski definition) is 5. The van der Waals surface area contributed by atoms with Crippen molar-refractivity contribution in [3.05, 3.63) is 17.3 Å². The van der Waals surface area contributed by atoms with Crippen LogP contribution in [0.15, 0.2) is 6.07 Å². The lowest BCUT2D eigenvalue weighted by Gasteiger charge is -2.15. The van der Waals surface area contributed by atoms with Crippen LogP contribution in [0.5, 0.6) is 11.6 Å². The van der Waals surface area contributed by atoms with E-state index in [1.165, 1.54) is 6.07 Å². The fourth-order valence-electron chi connectivity index (χ4n) is 1.41. The smallest absolute Gasteiger partial charge is 0.491 e. The first-order valence-electron chi connectivity index (χ1n) is 5.01. The number of hydrogen-bond donors (Lipinski definition) is 2. The van der Waals surface area contributed by atoms with Crippen LogP contribution < -0.4 is 15.2 Å². The number of carboxylic acid groups (broad SMARTS) is 1. The number of ether oxygens (including phenoxy) is 2. The minimum absolute atomic E-state index is 0.00435. The molecule has 6 nitrogen and oxygen atoms in total. The van der Waals surface area contributed by atoms with E-state index in [2.05, 4.69) is 9.72 Å². The van der Waals surface area contributed by atoms with E-state index < -0.39 is 24.6 Å². The van der Waals surface area contributed by atoms with Gasteiger partial charge in [-0.2, -0.15) is 0 Å². The van der Waals surface area contributed by atoms with Crippen LogP contribution in [0.4, 0.5) is 13.2 Å². The van der Waals surface area contributed by atoms with Crippen molar-refractivity contribution in [3.8, 4) is 11.6 Å². The molecule has 0 aliphatic heterocycles. The lowest BCUT2D eigenvalue weighted by atomic mass is 10.1. The third-order valence-corrected chi connectivity index (χ3v) is 2.04. The summed E-state index contributed by atoms with van der Waals surface area (Å²) in [6.07, 6.45) is -5.50. The molecule has 0 aliphatic rings. The van der Waals surface area contributed by atoms with Gasteiger partial charge in [0.05, 0.1) is 19.2 Å². The zero-order valence-corrected chi connectivity index (χ0v) is 9.82. The third-order valence-electron chi connectivity index (χ3n) is 2.04. The van der Waals surface area contributed by atoms with Crippen molar-refractivity contribution in [3.63, 3.8) is 0 Å². The summed E-state index contributed by atoms with van der Waals surface area (Å²) in [5, 5.41) is 8.70. The van der Waals surface area contributed by atoms with E-state index in [0.29, 0.717) is 0 Å². The maximum absolute atomic E-state index is 12.2. The Morgan fingerprint density at radius 3 is 2.58 bits per heavy atom. The van der Waals surface area contributed by atoms with Crippen LogP contribution in [0, 0.1) is 0 Å². The highest BCUT2D eigenvalue weighted by molar-refractivity contribution is 5.72. The van der Waals surface area contributed by atoms with Gasteiger partial charge in [-0.25, -0.2) is 4.98 Å². The number of alkyl halides is 3. The number of nitrogens with zero attached hydrogens (tertiary/aromatic N) is 1. The minimum atomic E-state index is -4.96. The van der Waals surface area contributed by atoms with Gasteiger partial charge in [0.1, 0.15) is 0 Å². The monoisotopic (exact) mass is 280 g/mol. The van der Waals surface area contributed by atoms with Crippen LogP contribution in [-0.2, 0) is 17.8 Å². The largest absolute Gasteiger partial charge is 0.574 e. The molecule has 1 aromatic rings. The molecule has 0 radical (unpaired) electrons. The SMILES string of the molecule is COc1c(CC(=O)O)cc(CN)nc1OC(F)(F)F. The van der Waals surface area contributed by atoms with E-state index in [-0.39, 0.29) is 23.6 Å². The second-order valence-corrected chi connectivity index (χ2v) is 3.43. The van der Waals surface area contributed by atoms with Gasteiger partial charge in [-0.3, -0.25) is 4.79 Å². The number of pyridine rings is 1. The average Bonchev–Trinajstić information content (AvgIpc) is 2.25. The number of rotatable bonds is 5. The van der Waals surface area contributed by atoms with Crippen molar-refractivity contribution in [2.24, 2.45) is 5.73 Å². The van der Waals surface area contributed by atoms with Crippen molar-refractivity contribution in [2.45, 2.75) is 19.3 Å². The second kappa shape index (κ2) is 5.74. The van der Waals surface area contributed by atoms with E-state index in [9.17, 15) is 18.0 Å². The predicted octanol–water partition coefficient (Wildman–Crippen LogP) is 1.07. The highest BCUT2D eigenvalue weighted by Gasteiger charge is 2.34. The first kappa shape index (κ1) is 15.0. The molecule has 3 N–H and O–H groups in total. The number of aliphatic carboxylic acids is 1. The maximum Gasteiger partial charge on any atom is 0.574 e. The van der Waals surface area contributed by atoms with Crippen molar-refractivity contribution >= 4 is 5.97 Å². The van der Waals surface area contributed by atoms with Gasteiger partial charge in [0.2, 0.25) is 0 Å². The normalized spacial score (nSPS) is 11.2. The molecule has 1 rings (SSSR count). The fraction of sp³-hybridized carbons (Fsp3) is 0.400. The highest BCUT2D eigenvalue weighted by Crippen LogP contribution is 2.34. The molecule has 1 heterocycles. The average molecular weight is 280 g/mol. The Balaban J connectivity index is 3.30. The number of aromatic nitrogens is 1. The summed E-state index contributed by atoms with van der Waals surface area (Å²) >= 11 is 0. The molecule has 0 bridgehead atoms. The Morgan fingerprint density at radius 1 is 1.53 bits per heavy atom. The summed E-state index contributed by atoms with van der Waals surface area (Å²) < 4.78 is 45.1. The van der Waals surface area contributed by atoms with Crippen molar-refractivity contribution in [1.29, 1.82) is 0 Å². The molecular weight excluding hydrogens is 269 g/mol. The molecule has 1 aromatic heterocycles. The Hall–Kier alpha value is -2.03. The summed E-state index contributed by atoms with van der Waals surface area (Å²) in [5.41, 5.74) is 5.36. The summed E-state index contributed by atoms with van der Waals surface area (Å²) in [6, 6.07) is 1.26. The molecule has 0 atom stereocenters. The summed E-state index contributed by atoms with van der Waals surface area (Å²) in [6.45, 7) is -0.162. The number of carboxylic acids is 1. The maximum atomic E-state index is 12.2. The Bertz CT molecular complexity index is 477. The van der Waals surface area contributed by atoms with Crippen LogP contribution in [0.25, 0.3) is 0 Å². The summed E-state index contributed by atoms with van der Waals surface area (Å²) in [7, 11) is 1.09. The number of methoxy groups -OCH3 is 1. The van der Waals surface area contributed by atoms with Crippen LogP contribution in [0.2, 0.25) is 0 Å². The zero-order valence-electron chi connectivity index (χ0n) is 9.82. The van der Waals surface area contributed by atoms with Gasteiger partial charge in [-0.1, -0.05) is 0 Å². The third kappa shape index (κ3) is 4.28. The minimum Gasteiger partial charge on any atom is -0.491 e. The standard InChI is InChI=1S/C10H11F3N2O4/c1-18-8-5(3-7(16)17)2-6(4-14)15-9(8)19-10(11,12)13/h2H,3-4,14H2,1H3,(H,16,17). The number of carbonyl (C=O) groups is 1. The zero-order chi connectivity index (χ0) is 14.6. The lowest BCUT2D eigenvalue weighted by molar-refractivity contribution is -0.276. The first-order chi connectivity index (χ1) is 8.76. The fourth-order valence-corrected chi connectivity index (χ4v) is 1.41. The molecule has 0 aliphatic carbocycles. The van der Waals surface area contributed by atoms with Gasteiger partial charge in [0.25, 0.3) is 5.88 Å². The quantitative estimate of drug-likeness (QED) is 0.838. The highest BCUT2D eigenvalue weighted by atomic mass is 19.4. The molecule has 0 aromatic carbocycles. The molecule has 106 valence electrons. The number of nitrogens with two attached hydrogens (primary N) is 1. The van der Waals surface area contributed by atoms with E-state index in [4.69, 9.17) is 15.6 Å². The molecule has 0 saturated carbocycles. The molecule has 9 heteroatoms. The van der Waals surface area contributed by atoms with Crippen molar-refractivity contribution < 1.29 is 32.5 Å². The van der Waals surface area contributed by atoms with Gasteiger partial charge in [0, 0.05) is 12.1 Å². The molecule has 0 unspecified atom stereocenters. The van der Waals surface area contributed by atoms with Gasteiger partial charge in [0.15, 0.2) is 5.75 Å². The van der Waals surface area contributed by atoms with Crippen LogP contribution >= 0.6 is 0 Å². The lowest BCUT2D eigenvalue weighted by Crippen LogP contribution is -2.20. The second-order valence-electron chi connectivity index (χ2n) is 3.43. The molecule has 0 fully saturated rings. The Kier molecular flexibility index (Phi) is 4.54. The van der Waals surface area contributed by atoms with Crippen molar-refractivity contribution in [1.82, 2.24) is 4.98 Å². The van der Waals surface area contributed by atoms with E-state index in [1.54, 1.807) is 0 Å². The van der Waals surface area contributed by atoms with E-state index >= 15 is 0 Å². The van der Waals surface area contributed by atoms with Crippen LogP contribution in [-0.4, -0.2) is 29.5 Å². The van der Waals surface area contributed by atoms with Gasteiger partial charge in [-0.15, -0.1) is 13.2 Å². The van der Waals surface area contributed by atoms with Crippen LogP contribution in [0.3, 0.4) is 0 Å². The Morgan fingerprint density at radius 2 is 2.16 bits per heavy atom. The van der Waals surface area contributed by atoms with Gasteiger partial charge >= 0.3 is 12.3 Å². The summed E-state index contributed by atoms with van der Waals surface area (Å²) in [4.78, 5) is 14.2. The summed E-state index contributed by atoms with van der Waals surface area (Å²) in [5.74, 6) is -2.46. The van der Waals surface area contributed by atoms with Gasteiger partial charge < -0.3 is 20.3 Å². The molecule has 19 heavy (non-hydrogen) atoms. The first-order valence-corrected chi connectivity index (χ1v) is 5.01. The van der Waals surface area contributed by atoms with Gasteiger partial charge in [-0.05, 0) is 6.07 Å². The Labute approximate surface area is 105 Å². The molecular formula is C10H11F3N2O4. The molecule has 0 saturated heterocycles. The van der Waals surface area contributed by atoms with Crippen molar-refractivity contribution in [2.75, 3.05) is 7.11 Å². The van der Waals surface area contributed by atoms with Crippen LogP contribution in [0.1, 0.15) is 11.3 Å². The topological polar surface area (TPSA) is 94.7 Å². The molecule has 0 amide bonds. The van der Waals surface area contributed by atoms with E-state index in [1.807, 2.05) is 0 Å².